The molecule has 3 heterocycles. The number of hydrogen-bond acceptors (Lipinski definition) is 16. The maximum atomic E-state index is 10.8. The summed E-state index contributed by atoms with van der Waals surface area (Å²) < 4.78 is 39.1. The van der Waals surface area contributed by atoms with Crippen molar-refractivity contribution in [1.82, 2.24) is 5.32 Å². The van der Waals surface area contributed by atoms with E-state index in [1.165, 1.54) is 14.2 Å². The monoisotopic (exact) mass is 527 g/mol. The van der Waals surface area contributed by atoms with E-state index in [0.29, 0.717) is 0 Å². The van der Waals surface area contributed by atoms with E-state index in [4.69, 9.17) is 44.6 Å². The summed E-state index contributed by atoms with van der Waals surface area (Å²) in [4.78, 5) is 0. The highest BCUT2D eigenvalue weighted by Gasteiger charge is 2.67. The maximum absolute atomic E-state index is 10.8. The molecule has 1 aliphatic carbocycles. The summed E-state index contributed by atoms with van der Waals surface area (Å²) >= 11 is 0. The molecule has 210 valence electrons. The summed E-state index contributed by atoms with van der Waals surface area (Å²) in [6.45, 7) is 0. The second-order valence-corrected chi connectivity index (χ2v) is 9.45. The lowest BCUT2D eigenvalue weighted by Crippen LogP contribution is -2.68. The zero-order chi connectivity index (χ0) is 26.5. The van der Waals surface area contributed by atoms with Crippen LogP contribution in [-0.2, 0) is 33.2 Å². The van der Waals surface area contributed by atoms with Gasteiger partial charge in [-0.05, 0) is 13.5 Å². The van der Waals surface area contributed by atoms with Crippen LogP contribution in [-0.4, -0.2) is 150 Å². The first-order chi connectivity index (χ1) is 17.0. The highest BCUT2D eigenvalue weighted by molar-refractivity contribution is 5.04. The van der Waals surface area contributed by atoms with Gasteiger partial charge in [-0.15, -0.1) is 0 Å². The molecule has 3 aliphatic heterocycles. The third-order valence-electron chi connectivity index (χ3n) is 7.29. The van der Waals surface area contributed by atoms with E-state index in [-0.39, 0.29) is 6.42 Å². The number of methoxy groups -OCH3 is 2. The molecule has 11 N–H and O–H groups in total. The molecule has 4 aliphatic rings. The lowest BCUT2D eigenvalue weighted by molar-refractivity contribution is -0.443. The fraction of sp³-hybridized carbons (Fsp3) is 1.00. The van der Waals surface area contributed by atoms with Crippen molar-refractivity contribution in [3.8, 4) is 0 Å². The largest absolute Gasteiger partial charge is 0.389 e. The van der Waals surface area contributed by atoms with E-state index in [2.05, 4.69) is 5.32 Å². The van der Waals surface area contributed by atoms with Gasteiger partial charge in [-0.25, -0.2) is 0 Å². The third-order valence-corrected chi connectivity index (χ3v) is 7.29. The van der Waals surface area contributed by atoms with Crippen LogP contribution in [0.4, 0.5) is 0 Å². The molecular weight excluding hydrogens is 490 g/mol. The van der Waals surface area contributed by atoms with Crippen molar-refractivity contribution in [2.45, 2.75) is 104 Å². The number of fused-ring (bicyclic) bond motifs is 1. The van der Waals surface area contributed by atoms with E-state index < -0.39 is 97.9 Å². The molecule has 16 atom stereocenters. The molecule has 3 saturated heterocycles. The van der Waals surface area contributed by atoms with Crippen LogP contribution in [0, 0.1) is 0 Å². The number of aliphatic hydroxyl groups is 6. The Hall–Kier alpha value is -0.640. The Labute approximate surface area is 206 Å². The van der Waals surface area contributed by atoms with Crippen molar-refractivity contribution < 1.29 is 63.8 Å². The molecule has 1 spiro atoms. The summed E-state index contributed by atoms with van der Waals surface area (Å²) in [5, 5.41) is 66.7. The molecule has 0 radical (unpaired) electrons. The minimum absolute atomic E-state index is 0.278. The van der Waals surface area contributed by atoms with Crippen LogP contribution in [0.2, 0.25) is 0 Å². The van der Waals surface area contributed by atoms with Crippen molar-refractivity contribution in [3.05, 3.63) is 0 Å². The quantitative estimate of drug-likeness (QED) is 0.146. The van der Waals surface area contributed by atoms with Crippen LogP contribution in [0.25, 0.3) is 0 Å². The minimum atomic E-state index is -2.42. The van der Waals surface area contributed by atoms with Crippen molar-refractivity contribution in [1.29, 1.82) is 0 Å². The summed E-state index contributed by atoms with van der Waals surface area (Å²) in [5.41, 5.74) is 11.9. The molecule has 1 saturated carbocycles. The predicted molar refractivity (Wildman–Crippen MR) is 114 cm³/mol. The summed E-state index contributed by atoms with van der Waals surface area (Å²) in [6, 6.07) is -1.23. The fourth-order valence-electron chi connectivity index (χ4n) is 5.13. The van der Waals surface area contributed by atoms with E-state index in [9.17, 15) is 30.6 Å². The molecule has 0 amide bonds. The first kappa shape index (κ1) is 28.4. The molecule has 4 rings (SSSR count). The topological polar surface area (TPSA) is 250 Å². The average Bonchev–Trinajstić information content (AvgIpc) is 3.27. The highest BCUT2D eigenvalue weighted by Crippen LogP contribution is 2.45. The normalized spacial score (nSPS) is 54.4. The molecule has 16 unspecified atom stereocenters. The van der Waals surface area contributed by atoms with Crippen LogP contribution in [0.15, 0.2) is 0 Å². The molecule has 16 nitrogen and oxygen atoms in total. The summed E-state index contributed by atoms with van der Waals surface area (Å²) in [5.74, 6) is -2.42. The molecule has 0 aromatic heterocycles. The van der Waals surface area contributed by atoms with Gasteiger partial charge in [0.25, 0.3) is 0 Å². The smallest absolute Gasteiger partial charge is 0.314 e. The summed E-state index contributed by atoms with van der Waals surface area (Å²) in [7, 11) is 4.13. The van der Waals surface area contributed by atoms with Crippen molar-refractivity contribution in [2.75, 3.05) is 21.3 Å². The Morgan fingerprint density at radius 3 is 2.17 bits per heavy atom. The van der Waals surface area contributed by atoms with Crippen molar-refractivity contribution >= 4 is 0 Å². The first-order valence-corrected chi connectivity index (χ1v) is 11.7. The lowest BCUT2D eigenvalue weighted by Gasteiger charge is -2.46. The Balaban J connectivity index is 1.62. The Kier molecular flexibility index (Phi) is 8.55. The Bertz CT molecular complexity index is 756. The van der Waals surface area contributed by atoms with Crippen molar-refractivity contribution in [2.24, 2.45) is 11.5 Å². The van der Waals surface area contributed by atoms with Gasteiger partial charge in [0.15, 0.2) is 18.7 Å². The van der Waals surface area contributed by atoms with Gasteiger partial charge in [0.2, 0.25) is 0 Å². The number of likely N-dealkylation sites (N-methyl/N-ethyl adjacent to an activating group) is 1. The van der Waals surface area contributed by atoms with Crippen LogP contribution in [0.1, 0.15) is 6.42 Å². The van der Waals surface area contributed by atoms with Gasteiger partial charge in [0.05, 0.1) is 12.2 Å². The Morgan fingerprint density at radius 2 is 1.56 bits per heavy atom. The molecule has 4 fully saturated rings. The van der Waals surface area contributed by atoms with Gasteiger partial charge in [-0.3, -0.25) is 0 Å². The highest BCUT2D eigenvalue weighted by atomic mass is 16.9. The standard InChI is InChI=1S/C20H37N3O13/c1-23-6-4-5(21)7(24)12(8(6)25)32-19-15-13(11(28)18(31-3)33-19)34-20(36-15)16(29)10(27)9(26)14(35-20)17(22)30-2/h5-19,23-29H,4,21-22H2,1-3H3. The Morgan fingerprint density at radius 1 is 0.889 bits per heavy atom. The van der Waals surface area contributed by atoms with Crippen LogP contribution in [0.3, 0.4) is 0 Å². The number of nitrogens with two attached hydrogens (primary N) is 2. The van der Waals surface area contributed by atoms with E-state index in [0.717, 1.165) is 0 Å². The second-order valence-electron chi connectivity index (χ2n) is 9.45. The SMILES string of the molecule is CNC1CC(N)C(O)C(OC2OC(OC)C(O)C3OC4(OC(C(N)OC)C(O)C(O)C4O)OC23)C1O. The molecule has 0 aromatic carbocycles. The van der Waals surface area contributed by atoms with Gasteiger partial charge in [0, 0.05) is 26.3 Å². The molecule has 0 aromatic rings. The first-order valence-electron chi connectivity index (χ1n) is 11.7. The fourth-order valence-corrected chi connectivity index (χ4v) is 5.13. The average molecular weight is 528 g/mol. The number of aliphatic hydroxyl groups excluding tert-OH is 6. The van der Waals surface area contributed by atoms with Crippen LogP contribution < -0.4 is 16.8 Å². The van der Waals surface area contributed by atoms with E-state index in [1.54, 1.807) is 7.05 Å². The molecular formula is C20H37N3O13. The number of ether oxygens (including phenoxy) is 7. The second kappa shape index (κ2) is 10.9. The lowest BCUT2D eigenvalue weighted by atomic mass is 9.84. The molecule has 36 heavy (non-hydrogen) atoms. The van der Waals surface area contributed by atoms with Gasteiger partial charge < -0.3 is 80.6 Å². The van der Waals surface area contributed by atoms with Crippen molar-refractivity contribution in [3.63, 3.8) is 0 Å². The van der Waals surface area contributed by atoms with Crippen LogP contribution >= 0.6 is 0 Å². The maximum Gasteiger partial charge on any atom is 0.314 e. The minimum Gasteiger partial charge on any atom is -0.389 e. The summed E-state index contributed by atoms with van der Waals surface area (Å²) in [6.07, 6.45) is -18.4. The number of rotatable bonds is 6. The molecule has 0 bridgehead atoms. The van der Waals surface area contributed by atoms with Gasteiger partial charge in [0.1, 0.15) is 49.0 Å². The van der Waals surface area contributed by atoms with E-state index in [1.807, 2.05) is 0 Å². The molecule has 16 heteroatoms. The zero-order valence-corrected chi connectivity index (χ0v) is 20.1. The van der Waals surface area contributed by atoms with Gasteiger partial charge >= 0.3 is 5.97 Å². The number of hydrogen-bond donors (Lipinski definition) is 9. The van der Waals surface area contributed by atoms with Gasteiger partial charge in [-0.2, -0.15) is 0 Å². The third kappa shape index (κ3) is 4.68. The number of nitrogens with one attached hydrogen (secondary N) is 1. The van der Waals surface area contributed by atoms with Crippen LogP contribution in [0.5, 0.6) is 0 Å². The predicted octanol–water partition coefficient (Wildman–Crippen LogP) is -6.05. The van der Waals surface area contributed by atoms with Gasteiger partial charge in [-0.1, -0.05) is 0 Å². The zero-order valence-electron chi connectivity index (χ0n) is 20.1. The van der Waals surface area contributed by atoms with E-state index >= 15 is 0 Å².